The van der Waals surface area contributed by atoms with Crippen LogP contribution in [-0.2, 0) is 0 Å². The first-order valence-corrected chi connectivity index (χ1v) is 6.22. The van der Waals surface area contributed by atoms with Gasteiger partial charge in [0.2, 0.25) is 0 Å². The van der Waals surface area contributed by atoms with Crippen LogP contribution in [0.3, 0.4) is 0 Å². The third-order valence-corrected chi connectivity index (χ3v) is 3.27. The Morgan fingerprint density at radius 3 is 2.37 bits per heavy atom. The number of hydrogen-bond donors (Lipinski definition) is 2. The van der Waals surface area contributed by atoms with E-state index in [1.807, 2.05) is 42.5 Å². The Hall–Kier alpha value is -2.55. The number of aromatic amines is 1. The summed E-state index contributed by atoms with van der Waals surface area (Å²) in [5, 5.41) is 7.22. The lowest BCUT2D eigenvalue weighted by molar-refractivity contribution is 1.10. The minimum absolute atomic E-state index is 0.532. The van der Waals surface area contributed by atoms with Gasteiger partial charge in [0.05, 0.1) is 11.3 Å². The highest BCUT2D eigenvalue weighted by atomic mass is 15.2. The fourth-order valence-corrected chi connectivity index (χ4v) is 2.30. The van der Waals surface area contributed by atoms with Crippen molar-refractivity contribution < 1.29 is 0 Å². The highest BCUT2D eigenvalue weighted by Crippen LogP contribution is 2.35. The Labute approximate surface area is 112 Å². The number of nitrogen functional groups attached to an aromatic ring is 1. The standard InChI is InChI=1S/C16H15N3/c1-11-7-5-6-10-13(11)15-14(16(17)19-18-15)12-8-3-2-4-9-12/h2-10H,1H3,(H3,17,18,19). The Morgan fingerprint density at radius 1 is 0.947 bits per heavy atom. The van der Waals surface area contributed by atoms with Crippen molar-refractivity contribution in [2.75, 3.05) is 5.73 Å². The summed E-state index contributed by atoms with van der Waals surface area (Å²) in [7, 11) is 0. The molecule has 3 heteroatoms. The van der Waals surface area contributed by atoms with Crippen LogP contribution in [0, 0.1) is 6.92 Å². The van der Waals surface area contributed by atoms with E-state index in [1.165, 1.54) is 5.56 Å². The molecular weight excluding hydrogens is 234 g/mol. The number of aryl methyl sites for hydroxylation is 1. The zero-order chi connectivity index (χ0) is 13.2. The lowest BCUT2D eigenvalue weighted by Crippen LogP contribution is -1.89. The molecule has 3 aromatic rings. The SMILES string of the molecule is Cc1ccccc1-c1[nH]nc(N)c1-c1ccccc1. The molecular formula is C16H15N3. The number of anilines is 1. The second-order valence-corrected chi connectivity index (χ2v) is 4.54. The molecule has 0 aliphatic carbocycles. The van der Waals surface area contributed by atoms with Crippen molar-refractivity contribution in [3.8, 4) is 22.4 Å². The monoisotopic (exact) mass is 249 g/mol. The molecule has 0 atom stereocenters. The summed E-state index contributed by atoms with van der Waals surface area (Å²) >= 11 is 0. The van der Waals surface area contributed by atoms with Gasteiger partial charge in [0, 0.05) is 5.56 Å². The molecule has 0 saturated carbocycles. The zero-order valence-corrected chi connectivity index (χ0v) is 10.7. The van der Waals surface area contributed by atoms with Crippen LogP contribution in [0.15, 0.2) is 54.6 Å². The third-order valence-electron chi connectivity index (χ3n) is 3.27. The van der Waals surface area contributed by atoms with E-state index >= 15 is 0 Å². The van der Waals surface area contributed by atoms with E-state index in [0.29, 0.717) is 5.82 Å². The molecule has 2 aromatic carbocycles. The van der Waals surface area contributed by atoms with Gasteiger partial charge >= 0.3 is 0 Å². The highest BCUT2D eigenvalue weighted by molar-refractivity contribution is 5.88. The molecule has 1 heterocycles. The number of H-pyrrole nitrogens is 1. The van der Waals surface area contributed by atoms with Crippen LogP contribution < -0.4 is 5.73 Å². The van der Waals surface area contributed by atoms with Crippen LogP contribution in [0.1, 0.15) is 5.56 Å². The topological polar surface area (TPSA) is 54.7 Å². The van der Waals surface area contributed by atoms with Crippen LogP contribution in [0.25, 0.3) is 22.4 Å². The quantitative estimate of drug-likeness (QED) is 0.728. The van der Waals surface area contributed by atoms with Gasteiger partial charge < -0.3 is 5.73 Å². The maximum atomic E-state index is 6.02. The lowest BCUT2D eigenvalue weighted by atomic mass is 9.98. The van der Waals surface area contributed by atoms with E-state index in [9.17, 15) is 0 Å². The molecule has 0 bridgehead atoms. The first kappa shape index (κ1) is 11.5. The normalized spacial score (nSPS) is 10.6. The number of nitrogens with two attached hydrogens (primary N) is 1. The summed E-state index contributed by atoms with van der Waals surface area (Å²) in [6, 6.07) is 18.3. The van der Waals surface area contributed by atoms with E-state index in [2.05, 4.69) is 29.3 Å². The molecule has 3 rings (SSSR count). The minimum Gasteiger partial charge on any atom is -0.382 e. The highest BCUT2D eigenvalue weighted by Gasteiger charge is 2.15. The predicted octanol–water partition coefficient (Wildman–Crippen LogP) is 3.63. The molecule has 0 spiro atoms. The van der Waals surface area contributed by atoms with Gasteiger partial charge in [-0.15, -0.1) is 0 Å². The average Bonchev–Trinajstić information content (AvgIpc) is 2.82. The van der Waals surface area contributed by atoms with Gasteiger partial charge in [-0.3, -0.25) is 5.10 Å². The van der Waals surface area contributed by atoms with Crippen molar-refractivity contribution in [2.24, 2.45) is 0 Å². The zero-order valence-electron chi connectivity index (χ0n) is 10.7. The Kier molecular flexibility index (Phi) is 2.80. The number of hydrogen-bond acceptors (Lipinski definition) is 2. The van der Waals surface area contributed by atoms with Crippen molar-refractivity contribution in [1.82, 2.24) is 10.2 Å². The van der Waals surface area contributed by atoms with Gasteiger partial charge in [-0.1, -0.05) is 54.6 Å². The summed E-state index contributed by atoms with van der Waals surface area (Å²) < 4.78 is 0. The average molecular weight is 249 g/mol. The fraction of sp³-hybridized carbons (Fsp3) is 0.0625. The van der Waals surface area contributed by atoms with Gasteiger partial charge in [-0.25, -0.2) is 0 Å². The molecule has 0 amide bonds. The first-order valence-electron chi connectivity index (χ1n) is 6.22. The second kappa shape index (κ2) is 4.61. The van der Waals surface area contributed by atoms with Gasteiger partial charge in [0.25, 0.3) is 0 Å². The third kappa shape index (κ3) is 1.99. The van der Waals surface area contributed by atoms with E-state index in [4.69, 9.17) is 5.73 Å². The molecule has 19 heavy (non-hydrogen) atoms. The van der Waals surface area contributed by atoms with Gasteiger partial charge in [-0.2, -0.15) is 5.10 Å². The van der Waals surface area contributed by atoms with E-state index in [1.54, 1.807) is 0 Å². The Balaban J connectivity index is 2.23. The number of aromatic nitrogens is 2. The van der Waals surface area contributed by atoms with Crippen molar-refractivity contribution >= 4 is 5.82 Å². The molecule has 0 unspecified atom stereocenters. The van der Waals surface area contributed by atoms with Gasteiger partial charge in [-0.05, 0) is 18.1 Å². The number of rotatable bonds is 2. The van der Waals surface area contributed by atoms with Crippen molar-refractivity contribution in [3.63, 3.8) is 0 Å². The van der Waals surface area contributed by atoms with Crippen LogP contribution >= 0.6 is 0 Å². The molecule has 3 nitrogen and oxygen atoms in total. The summed E-state index contributed by atoms with van der Waals surface area (Å²) in [6.45, 7) is 2.08. The molecule has 0 aliphatic rings. The summed E-state index contributed by atoms with van der Waals surface area (Å²) in [6.07, 6.45) is 0. The maximum Gasteiger partial charge on any atom is 0.153 e. The van der Waals surface area contributed by atoms with Gasteiger partial charge in [0.1, 0.15) is 0 Å². The van der Waals surface area contributed by atoms with E-state index in [0.717, 1.165) is 22.4 Å². The molecule has 0 fully saturated rings. The Bertz CT molecular complexity index is 699. The van der Waals surface area contributed by atoms with Crippen molar-refractivity contribution in [3.05, 3.63) is 60.2 Å². The molecule has 0 saturated heterocycles. The molecule has 0 radical (unpaired) electrons. The van der Waals surface area contributed by atoms with Crippen molar-refractivity contribution in [1.29, 1.82) is 0 Å². The predicted molar refractivity (Wildman–Crippen MR) is 78.6 cm³/mol. The molecule has 0 aliphatic heterocycles. The summed E-state index contributed by atoms with van der Waals surface area (Å²) in [5.74, 6) is 0.532. The molecule has 1 aromatic heterocycles. The summed E-state index contributed by atoms with van der Waals surface area (Å²) in [5.41, 5.74) is 11.4. The first-order chi connectivity index (χ1) is 9.27. The number of nitrogens with zero attached hydrogens (tertiary/aromatic N) is 1. The lowest BCUT2D eigenvalue weighted by Gasteiger charge is -2.07. The fourth-order valence-electron chi connectivity index (χ4n) is 2.30. The van der Waals surface area contributed by atoms with E-state index in [-0.39, 0.29) is 0 Å². The number of benzene rings is 2. The molecule has 94 valence electrons. The minimum atomic E-state index is 0.532. The second-order valence-electron chi connectivity index (χ2n) is 4.54. The van der Waals surface area contributed by atoms with E-state index < -0.39 is 0 Å². The van der Waals surface area contributed by atoms with Crippen LogP contribution in [0.2, 0.25) is 0 Å². The Morgan fingerprint density at radius 2 is 1.63 bits per heavy atom. The number of nitrogens with one attached hydrogen (secondary N) is 1. The molecule has 3 N–H and O–H groups in total. The smallest absolute Gasteiger partial charge is 0.153 e. The van der Waals surface area contributed by atoms with Crippen molar-refractivity contribution in [2.45, 2.75) is 6.92 Å². The largest absolute Gasteiger partial charge is 0.382 e. The van der Waals surface area contributed by atoms with Crippen LogP contribution in [0.5, 0.6) is 0 Å². The maximum absolute atomic E-state index is 6.02. The summed E-state index contributed by atoms with van der Waals surface area (Å²) in [4.78, 5) is 0. The van der Waals surface area contributed by atoms with Crippen LogP contribution in [-0.4, -0.2) is 10.2 Å². The van der Waals surface area contributed by atoms with Crippen LogP contribution in [0.4, 0.5) is 5.82 Å². The van der Waals surface area contributed by atoms with Gasteiger partial charge in [0.15, 0.2) is 5.82 Å².